The van der Waals surface area contributed by atoms with Crippen LogP contribution in [-0.4, -0.2) is 10.7 Å². The molecule has 0 amide bonds. The molecule has 21 heavy (non-hydrogen) atoms. The van der Waals surface area contributed by atoms with Gasteiger partial charge >= 0.3 is 0 Å². The summed E-state index contributed by atoms with van der Waals surface area (Å²) in [5, 5.41) is 10.6. The van der Waals surface area contributed by atoms with Crippen LogP contribution in [0.4, 0.5) is 0 Å². The fourth-order valence-corrected chi connectivity index (χ4v) is 4.45. The molecular formula is C20H34O. The van der Waals surface area contributed by atoms with E-state index in [-0.39, 0.29) is 5.41 Å². The van der Waals surface area contributed by atoms with Gasteiger partial charge in [-0.1, -0.05) is 37.6 Å². The summed E-state index contributed by atoms with van der Waals surface area (Å²) in [5.74, 6) is 1.68. The van der Waals surface area contributed by atoms with Crippen LogP contribution < -0.4 is 0 Å². The van der Waals surface area contributed by atoms with Gasteiger partial charge in [0, 0.05) is 0 Å². The highest BCUT2D eigenvalue weighted by atomic mass is 16.3. The molecule has 1 saturated carbocycles. The Kier molecular flexibility index (Phi) is 5.03. The van der Waals surface area contributed by atoms with E-state index in [1.54, 1.807) is 0 Å². The summed E-state index contributed by atoms with van der Waals surface area (Å²) in [6.07, 6.45) is 14.6. The number of hydrogen-bond donors (Lipinski definition) is 1. The molecule has 0 aliphatic heterocycles. The van der Waals surface area contributed by atoms with Gasteiger partial charge in [-0.25, -0.2) is 0 Å². The Balaban J connectivity index is 2.29. The number of fused-ring (bicyclic) bond motifs is 1. The SMILES string of the molecule is C/C1=C/CC[C@@H](C)/C=C\[C@@]2(C)CC[C@@H](C(C)(C)O)[C@@H]2CC1. The maximum atomic E-state index is 10.6. The van der Waals surface area contributed by atoms with Gasteiger partial charge < -0.3 is 5.11 Å². The van der Waals surface area contributed by atoms with Crippen LogP contribution in [0.25, 0.3) is 0 Å². The van der Waals surface area contributed by atoms with E-state index < -0.39 is 5.60 Å². The van der Waals surface area contributed by atoms with E-state index in [4.69, 9.17) is 0 Å². The summed E-state index contributed by atoms with van der Waals surface area (Å²) in [6.45, 7) is 11.0. The van der Waals surface area contributed by atoms with E-state index in [0.717, 1.165) is 6.42 Å². The van der Waals surface area contributed by atoms with Crippen LogP contribution in [0.15, 0.2) is 23.8 Å². The summed E-state index contributed by atoms with van der Waals surface area (Å²) >= 11 is 0. The molecule has 0 aromatic carbocycles. The Hall–Kier alpha value is -0.560. The van der Waals surface area contributed by atoms with Gasteiger partial charge in [0.1, 0.15) is 0 Å². The molecule has 1 fully saturated rings. The molecule has 0 unspecified atom stereocenters. The summed E-state index contributed by atoms with van der Waals surface area (Å²) < 4.78 is 0. The monoisotopic (exact) mass is 290 g/mol. The van der Waals surface area contributed by atoms with Crippen molar-refractivity contribution in [3.63, 3.8) is 0 Å². The lowest BCUT2D eigenvalue weighted by molar-refractivity contribution is -0.0114. The van der Waals surface area contributed by atoms with E-state index in [1.807, 2.05) is 13.8 Å². The second-order valence-corrected chi connectivity index (χ2v) is 8.41. The minimum absolute atomic E-state index is 0.267. The highest BCUT2D eigenvalue weighted by Crippen LogP contribution is 2.53. The second-order valence-electron chi connectivity index (χ2n) is 8.41. The van der Waals surface area contributed by atoms with Gasteiger partial charge in [0.25, 0.3) is 0 Å². The Bertz CT molecular complexity index is 412. The van der Waals surface area contributed by atoms with Crippen LogP contribution >= 0.6 is 0 Å². The molecule has 1 N–H and O–H groups in total. The summed E-state index contributed by atoms with van der Waals surface area (Å²) in [6, 6.07) is 0. The molecule has 2 aliphatic rings. The number of rotatable bonds is 1. The van der Waals surface area contributed by atoms with E-state index >= 15 is 0 Å². The standard InChI is InChI=1S/C20H34O/c1-15-7-6-8-16(2)11-13-20(5)14-12-17(19(3,4)21)18(20)10-9-15/h7,11,13,16-18,21H,6,8-10,12,14H2,1-5H3/b13-11-,15-7-/t16-,17-,18+,20+/m1/s1. The first-order valence-corrected chi connectivity index (χ1v) is 8.80. The molecule has 2 aliphatic carbocycles. The summed E-state index contributed by atoms with van der Waals surface area (Å²) in [4.78, 5) is 0. The Morgan fingerprint density at radius 1 is 1.24 bits per heavy atom. The van der Waals surface area contributed by atoms with Gasteiger partial charge in [-0.05, 0) is 82.5 Å². The molecule has 0 aromatic rings. The van der Waals surface area contributed by atoms with Crippen LogP contribution in [0.3, 0.4) is 0 Å². The third kappa shape index (κ3) is 4.00. The number of hydrogen-bond acceptors (Lipinski definition) is 1. The van der Waals surface area contributed by atoms with Crippen LogP contribution in [0.1, 0.15) is 73.1 Å². The van der Waals surface area contributed by atoms with Crippen molar-refractivity contribution in [2.75, 3.05) is 0 Å². The highest BCUT2D eigenvalue weighted by Gasteiger charge is 2.48. The van der Waals surface area contributed by atoms with Crippen molar-refractivity contribution in [1.82, 2.24) is 0 Å². The Morgan fingerprint density at radius 2 is 1.95 bits per heavy atom. The first kappa shape index (κ1) is 16.8. The van der Waals surface area contributed by atoms with E-state index in [9.17, 15) is 5.11 Å². The molecule has 0 spiro atoms. The van der Waals surface area contributed by atoms with E-state index in [1.165, 1.54) is 37.7 Å². The number of allylic oxidation sites excluding steroid dienone is 4. The molecule has 0 aromatic heterocycles. The normalized spacial score (nSPS) is 42.6. The molecule has 0 saturated heterocycles. The van der Waals surface area contributed by atoms with E-state index in [0.29, 0.717) is 17.8 Å². The van der Waals surface area contributed by atoms with Crippen molar-refractivity contribution in [2.24, 2.45) is 23.2 Å². The highest BCUT2D eigenvalue weighted by molar-refractivity contribution is 5.11. The molecule has 2 rings (SSSR count). The first-order valence-electron chi connectivity index (χ1n) is 8.80. The molecule has 120 valence electrons. The van der Waals surface area contributed by atoms with Crippen molar-refractivity contribution in [2.45, 2.75) is 78.7 Å². The van der Waals surface area contributed by atoms with Crippen LogP contribution in [-0.2, 0) is 0 Å². The van der Waals surface area contributed by atoms with Gasteiger partial charge in [-0.2, -0.15) is 0 Å². The topological polar surface area (TPSA) is 20.2 Å². The smallest absolute Gasteiger partial charge is 0.0622 e. The van der Waals surface area contributed by atoms with Crippen LogP contribution in [0.2, 0.25) is 0 Å². The average molecular weight is 290 g/mol. The molecule has 4 atom stereocenters. The van der Waals surface area contributed by atoms with Crippen molar-refractivity contribution in [1.29, 1.82) is 0 Å². The first-order chi connectivity index (χ1) is 9.72. The van der Waals surface area contributed by atoms with Crippen molar-refractivity contribution >= 4 is 0 Å². The van der Waals surface area contributed by atoms with Crippen molar-refractivity contribution < 1.29 is 5.11 Å². The predicted molar refractivity (Wildman–Crippen MR) is 91.1 cm³/mol. The Labute approximate surface area is 131 Å². The lowest BCUT2D eigenvalue weighted by atomic mass is 9.70. The van der Waals surface area contributed by atoms with Gasteiger partial charge in [0.15, 0.2) is 0 Å². The third-order valence-electron chi connectivity index (χ3n) is 6.00. The molecular weight excluding hydrogens is 256 g/mol. The molecule has 1 nitrogen and oxygen atoms in total. The largest absolute Gasteiger partial charge is 0.390 e. The van der Waals surface area contributed by atoms with Crippen molar-refractivity contribution in [3.05, 3.63) is 23.8 Å². The van der Waals surface area contributed by atoms with Gasteiger partial charge in [0.05, 0.1) is 5.60 Å². The molecule has 0 radical (unpaired) electrons. The third-order valence-corrected chi connectivity index (χ3v) is 6.00. The minimum atomic E-state index is -0.556. The fraction of sp³-hybridized carbons (Fsp3) is 0.800. The van der Waals surface area contributed by atoms with Crippen LogP contribution in [0.5, 0.6) is 0 Å². The molecule has 0 heterocycles. The summed E-state index contributed by atoms with van der Waals surface area (Å²) in [7, 11) is 0. The Morgan fingerprint density at radius 3 is 2.62 bits per heavy atom. The maximum absolute atomic E-state index is 10.6. The van der Waals surface area contributed by atoms with Gasteiger partial charge in [-0.3, -0.25) is 0 Å². The zero-order valence-corrected chi connectivity index (χ0v) is 14.7. The average Bonchev–Trinajstić information content (AvgIpc) is 2.70. The molecule has 1 heteroatoms. The fourth-order valence-electron chi connectivity index (χ4n) is 4.45. The molecule has 0 bridgehead atoms. The zero-order chi connectivity index (χ0) is 15.7. The second kappa shape index (κ2) is 6.28. The number of aliphatic hydroxyl groups is 1. The zero-order valence-electron chi connectivity index (χ0n) is 14.7. The van der Waals surface area contributed by atoms with Crippen LogP contribution in [0, 0.1) is 23.2 Å². The lowest BCUT2D eigenvalue weighted by Crippen LogP contribution is -2.37. The van der Waals surface area contributed by atoms with Crippen molar-refractivity contribution in [3.8, 4) is 0 Å². The van der Waals surface area contributed by atoms with E-state index in [2.05, 4.69) is 39.0 Å². The summed E-state index contributed by atoms with van der Waals surface area (Å²) in [5.41, 5.74) is 1.25. The predicted octanol–water partition coefficient (Wildman–Crippen LogP) is 5.50. The maximum Gasteiger partial charge on any atom is 0.0622 e. The quantitative estimate of drug-likeness (QED) is 0.632. The van der Waals surface area contributed by atoms with Gasteiger partial charge in [-0.15, -0.1) is 0 Å². The lowest BCUT2D eigenvalue weighted by Gasteiger charge is -2.37. The minimum Gasteiger partial charge on any atom is -0.390 e. The van der Waals surface area contributed by atoms with Gasteiger partial charge in [0.2, 0.25) is 0 Å².